The molecule has 1 radical (unpaired) electrons. The number of hydrogen-bond acceptors (Lipinski definition) is 3. The Labute approximate surface area is 127 Å². The summed E-state index contributed by atoms with van der Waals surface area (Å²) in [5.41, 5.74) is 6.41. The van der Waals surface area contributed by atoms with Gasteiger partial charge < -0.3 is 5.73 Å². The van der Waals surface area contributed by atoms with Gasteiger partial charge in [0.25, 0.3) is 10.0 Å². The number of halogens is 2. The van der Waals surface area contributed by atoms with Gasteiger partial charge in [-0.25, -0.2) is 8.42 Å². The van der Waals surface area contributed by atoms with Gasteiger partial charge in [0, 0.05) is 23.2 Å². The highest BCUT2D eigenvalue weighted by Gasteiger charge is 2.23. The molecule has 0 aliphatic heterocycles. The lowest BCUT2D eigenvalue weighted by Crippen LogP contribution is -2.27. The fourth-order valence-electron chi connectivity index (χ4n) is 1.66. The van der Waals surface area contributed by atoms with Gasteiger partial charge >= 0.3 is 0 Å². The molecule has 0 heterocycles. The molecule has 0 aliphatic rings. The number of anilines is 2. The average Bonchev–Trinajstić information content (AvgIpc) is 2.38. The van der Waals surface area contributed by atoms with Crippen molar-refractivity contribution in [3.8, 4) is 0 Å². The minimum atomic E-state index is -3.78. The first-order valence-electron chi connectivity index (χ1n) is 5.53. The van der Waals surface area contributed by atoms with E-state index in [9.17, 15) is 8.42 Å². The second kappa shape index (κ2) is 5.52. The zero-order valence-electron chi connectivity index (χ0n) is 10.5. The summed E-state index contributed by atoms with van der Waals surface area (Å²) in [4.78, 5) is -0.0261. The summed E-state index contributed by atoms with van der Waals surface area (Å²) in [6, 6.07) is 11.6. The van der Waals surface area contributed by atoms with E-state index in [1.54, 1.807) is 18.2 Å². The van der Waals surface area contributed by atoms with Crippen molar-refractivity contribution in [1.82, 2.24) is 0 Å². The van der Waals surface area contributed by atoms with Crippen LogP contribution in [0.3, 0.4) is 0 Å². The Hall–Kier alpha value is -1.43. The maximum Gasteiger partial charge on any atom is 0.264 e. The van der Waals surface area contributed by atoms with Crippen LogP contribution in [-0.2, 0) is 10.0 Å². The van der Waals surface area contributed by atoms with E-state index in [4.69, 9.17) is 28.9 Å². The number of nitrogens with zero attached hydrogens (tertiary/aromatic N) is 1. The van der Waals surface area contributed by atoms with Gasteiger partial charge in [0.05, 0.1) is 16.3 Å². The molecule has 2 rings (SSSR count). The number of nitrogens with two attached hydrogens (primary N) is 1. The van der Waals surface area contributed by atoms with E-state index in [0.29, 0.717) is 15.7 Å². The van der Waals surface area contributed by atoms with Crippen LogP contribution in [0.25, 0.3) is 0 Å². The van der Waals surface area contributed by atoms with Crippen molar-refractivity contribution in [3.63, 3.8) is 0 Å². The summed E-state index contributed by atoms with van der Waals surface area (Å²) in [6.07, 6.45) is 0. The zero-order valence-corrected chi connectivity index (χ0v) is 12.8. The molecule has 0 saturated heterocycles. The van der Waals surface area contributed by atoms with E-state index in [-0.39, 0.29) is 10.6 Å². The SMILES string of the molecule is CN(c1ccc(Cl)cc1N)S(=O)(=O)c1[c]ccc(Cl)c1. The van der Waals surface area contributed by atoms with Crippen molar-refractivity contribution in [2.24, 2.45) is 0 Å². The van der Waals surface area contributed by atoms with Gasteiger partial charge in [-0.3, -0.25) is 4.31 Å². The normalized spacial score (nSPS) is 11.3. The minimum absolute atomic E-state index is 0.0261. The molecule has 2 N–H and O–H groups in total. The van der Waals surface area contributed by atoms with Crippen LogP contribution in [0, 0.1) is 6.07 Å². The summed E-state index contributed by atoms with van der Waals surface area (Å²) in [5, 5.41) is 0.756. The van der Waals surface area contributed by atoms with Crippen LogP contribution in [0.2, 0.25) is 10.0 Å². The largest absolute Gasteiger partial charge is 0.397 e. The quantitative estimate of drug-likeness (QED) is 0.879. The van der Waals surface area contributed by atoms with E-state index in [2.05, 4.69) is 6.07 Å². The van der Waals surface area contributed by atoms with Crippen LogP contribution in [0.5, 0.6) is 0 Å². The van der Waals surface area contributed by atoms with Crippen molar-refractivity contribution in [2.45, 2.75) is 4.90 Å². The molecular formula is C13H11Cl2N2O2S. The summed E-state index contributed by atoms with van der Waals surface area (Å²) in [5.74, 6) is 0. The van der Waals surface area contributed by atoms with E-state index in [0.717, 1.165) is 4.31 Å². The average molecular weight is 330 g/mol. The molecule has 0 atom stereocenters. The molecule has 105 valence electrons. The maximum absolute atomic E-state index is 12.5. The van der Waals surface area contributed by atoms with Crippen molar-refractivity contribution in [2.75, 3.05) is 17.1 Å². The first-order valence-corrected chi connectivity index (χ1v) is 7.73. The second-order valence-electron chi connectivity index (χ2n) is 4.05. The van der Waals surface area contributed by atoms with Gasteiger partial charge in [0.1, 0.15) is 0 Å². The van der Waals surface area contributed by atoms with Crippen molar-refractivity contribution >= 4 is 44.6 Å². The van der Waals surface area contributed by atoms with Crippen LogP contribution in [0.1, 0.15) is 0 Å². The fourth-order valence-corrected chi connectivity index (χ4v) is 3.29. The van der Waals surface area contributed by atoms with E-state index < -0.39 is 10.0 Å². The lowest BCUT2D eigenvalue weighted by atomic mass is 10.3. The molecule has 0 aliphatic carbocycles. The van der Waals surface area contributed by atoms with Gasteiger partial charge in [-0.1, -0.05) is 29.3 Å². The van der Waals surface area contributed by atoms with E-state index in [1.165, 1.54) is 25.2 Å². The molecule has 7 heteroatoms. The standard InChI is InChI=1S/C13H11Cl2N2O2S/c1-17(13-6-5-10(15)8-12(13)16)20(18,19)11-4-2-3-9(14)7-11/h2-3,5-8H,16H2,1H3. The Morgan fingerprint density at radius 2 is 1.80 bits per heavy atom. The Morgan fingerprint density at radius 3 is 2.40 bits per heavy atom. The fraction of sp³-hybridized carbons (Fsp3) is 0.0769. The molecule has 0 fully saturated rings. The summed E-state index contributed by atoms with van der Waals surface area (Å²) >= 11 is 11.6. The molecule has 0 amide bonds. The lowest BCUT2D eigenvalue weighted by molar-refractivity contribution is 0.594. The summed E-state index contributed by atoms with van der Waals surface area (Å²) in [6.45, 7) is 0. The summed E-state index contributed by atoms with van der Waals surface area (Å²) in [7, 11) is -2.37. The van der Waals surface area contributed by atoms with Crippen molar-refractivity contribution in [1.29, 1.82) is 0 Å². The van der Waals surface area contributed by atoms with Crippen LogP contribution in [-0.4, -0.2) is 15.5 Å². The molecule has 0 spiro atoms. The van der Waals surface area contributed by atoms with Crippen LogP contribution >= 0.6 is 23.2 Å². The maximum atomic E-state index is 12.5. The second-order valence-corrected chi connectivity index (χ2v) is 6.86. The Balaban J connectivity index is 2.49. The van der Waals surface area contributed by atoms with Gasteiger partial charge in [0.2, 0.25) is 0 Å². The number of sulfonamides is 1. The number of hydrogen-bond donors (Lipinski definition) is 1. The minimum Gasteiger partial charge on any atom is -0.397 e. The molecular weight excluding hydrogens is 319 g/mol. The first kappa shape index (κ1) is 15.0. The van der Waals surface area contributed by atoms with Crippen molar-refractivity contribution < 1.29 is 8.42 Å². The molecule has 0 saturated carbocycles. The lowest BCUT2D eigenvalue weighted by Gasteiger charge is -2.21. The number of benzene rings is 2. The third-order valence-corrected chi connectivity index (χ3v) is 4.88. The highest BCUT2D eigenvalue weighted by Crippen LogP contribution is 2.30. The topological polar surface area (TPSA) is 63.4 Å². The van der Waals surface area contributed by atoms with E-state index in [1.807, 2.05) is 0 Å². The Bertz CT molecular complexity index is 748. The first-order chi connectivity index (χ1) is 9.32. The van der Waals surface area contributed by atoms with Gasteiger partial charge in [-0.15, -0.1) is 0 Å². The molecule has 0 bridgehead atoms. The number of nitrogen functional groups attached to an aromatic ring is 1. The highest BCUT2D eigenvalue weighted by molar-refractivity contribution is 7.92. The third kappa shape index (κ3) is 2.85. The summed E-state index contributed by atoms with van der Waals surface area (Å²) < 4.78 is 26.0. The van der Waals surface area contributed by atoms with E-state index >= 15 is 0 Å². The predicted molar refractivity (Wildman–Crippen MR) is 81.7 cm³/mol. The molecule has 0 aromatic heterocycles. The Kier molecular flexibility index (Phi) is 4.13. The molecule has 4 nitrogen and oxygen atoms in total. The van der Waals surface area contributed by atoms with Gasteiger partial charge in [0.15, 0.2) is 0 Å². The molecule has 20 heavy (non-hydrogen) atoms. The van der Waals surface area contributed by atoms with Gasteiger partial charge in [-0.05, 0) is 30.3 Å². The van der Waals surface area contributed by atoms with Gasteiger partial charge in [-0.2, -0.15) is 0 Å². The number of rotatable bonds is 3. The monoisotopic (exact) mass is 329 g/mol. The third-order valence-electron chi connectivity index (χ3n) is 2.70. The van der Waals surface area contributed by atoms with Crippen molar-refractivity contribution in [3.05, 3.63) is 52.5 Å². The molecule has 2 aromatic rings. The zero-order chi connectivity index (χ0) is 14.9. The highest BCUT2D eigenvalue weighted by atomic mass is 35.5. The van der Waals surface area contributed by atoms with Crippen LogP contribution in [0.15, 0.2) is 41.3 Å². The van der Waals surface area contributed by atoms with Crippen LogP contribution < -0.4 is 10.0 Å². The Morgan fingerprint density at radius 1 is 1.15 bits per heavy atom. The molecule has 0 unspecified atom stereocenters. The predicted octanol–water partition coefficient (Wildman–Crippen LogP) is 3.20. The molecule has 2 aromatic carbocycles. The van der Waals surface area contributed by atoms with Crippen LogP contribution in [0.4, 0.5) is 11.4 Å². The smallest absolute Gasteiger partial charge is 0.264 e.